The lowest BCUT2D eigenvalue weighted by Crippen LogP contribution is -2.36. The Bertz CT molecular complexity index is 471. The van der Waals surface area contributed by atoms with Gasteiger partial charge >= 0.3 is 0 Å². The Morgan fingerprint density at radius 2 is 1.59 bits per heavy atom. The van der Waals surface area contributed by atoms with Crippen molar-refractivity contribution in [2.45, 2.75) is 64.0 Å². The molecule has 1 aliphatic carbocycles. The van der Waals surface area contributed by atoms with Gasteiger partial charge in [0.1, 0.15) is 0 Å². The Morgan fingerprint density at radius 3 is 2.27 bits per heavy atom. The van der Waals surface area contributed by atoms with Gasteiger partial charge in [-0.05, 0) is 56.5 Å². The van der Waals surface area contributed by atoms with E-state index in [2.05, 4.69) is 22.3 Å². The number of hydrogen-bond donors (Lipinski definition) is 1. The van der Waals surface area contributed by atoms with Gasteiger partial charge in [-0.1, -0.05) is 37.8 Å². The van der Waals surface area contributed by atoms with Crippen molar-refractivity contribution in [2.75, 3.05) is 13.1 Å². The van der Waals surface area contributed by atoms with Crippen LogP contribution in [0.1, 0.15) is 67.3 Å². The quantitative estimate of drug-likeness (QED) is 0.919. The number of nitrogens with one attached hydrogen (secondary N) is 1. The molecular weight excluding hydrogens is 272 g/mol. The van der Waals surface area contributed by atoms with Crippen LogP contribution in [0.4, 0.5) is 0 Å². The summed E-state index contributed by atoms with van der Waals surface area (Å²) in [6.07, 6.45) is 10.1. The smallest absolute Gasteiger partial charge is 0.251 e. The Morgan fingerprint density at radius 1 is 0.955 bits per heavy atom. The number of likely N-dealkylation sites (tertiary alicyclic amines) is 1. The largest absolute Gasteiger partial charge is 0.349 e. The fourth-order valence-corrected chi connectivity index (χ4v) is 3.65. The summed E-state index contributed by atoms with van der Waals surface area (Å²) in [6.45, 7) is 3.44. The van der Waals surface area contributed by atoms with Crippen molar-refractivity contribution in [3.63, 3.8) is 0 Å². The van der Waals surface area contributed by atoms with Gasteiger partial charge in [-0.3, -0.25) is 9.69 Å². The molecule has 1 saturated carbocycles. The van der Waals surface area contributed by atoms with Gasteiger partial charge in [0.15, 0.2) is 0 Å². The third kappa shape index (κ3) is 4.33. The van der Waals surface area contributed by atoms with Crippen LogP contribution in [-0.2, 0) is 6.54 Å². The van der Waals surface area contributed by atoms with E-state index in [0.29, 0.717) is 6.04 Å². The molecule has 1 heterocycles. The topological polar surface area (TPSA) is 32.3 Å². The minimum Gasteiger partial charge on any atom is -0.349 e. The van der Waals surface area contributed by atoms with Gasteiger partial charge in [-0.2, -0.15) is 0 Å². The Hall–Kier alpha value is -1.35. The van der Waals surface area contributed by atoms with Crippen molar-refractivity contribution < 1.29 is 4.79 Å². The molecule has 1 amide bonds. The van der Waals surface area contributed by atoms with Crippen molar-refractivity contribution >= 4 is 5.91 Å². The Labute approximate surface area is 134 Å². The average Bonchev–Trinajstić information content (AvgIpc) is 2.57. The lowest BCUT2D eigenvalue weighted by molar-refractivity contribution is 0.0927. The molecule has 0 spiro atoms. The highest BCUT2D eigenvalue weighted by molar-refractivity contribution is 5.94. The third-order valence-electron chi connectivity index (χ3n) is 5.01. The van der Waals surface area contributed by atoms with E-state index in [1.807, 2.05) is 12.1 Å². The number of benzene rings is 1. The number of hydrogen-bond acceptors (Lipinski definition) is 2. The molecule has 1 aromatic carbocycles. The van der Waals surface area contributed by atoms with E-state index in [0.717, 1.165) is 24.9 Å². The van der Waals surface area contributed by atoms with Crippen LogP contribution in [0.5, 0.6) is 0 Å². The summed E-state index contributed by atoms with van der Waals surface area (Å²) >= 11 is 0. The summed E-state index contributed by atoms with van der Waals surface area (Å²) in [5.41, 5.74) is 2.11. The molecule has 1 saturated heterocycles. The van der Waals surface area contributed by atoms with Crippen molar-refractivity contribution in [2.24, 2.45) is 0 Å². The van der Waals surface area contributed by atoms with Gasteiger partial charge in [-0.25, -0.2) is 0 Å². The molecule has 1 aliphatic heterocycles. The molecule has 0 aromatic heterocycles. The molecule has 2 aliphatic rings. The Balaban J connectivity index is 1.52. The van der Waals surface area contributed by atoms with Crippen molar-refractivity contribution in [3.05, 3.63) is 35.4 Å². The number of carbonyl (C=O) groups is 1. The average molecular weight is 300 g/mol. The van der Waals surface area contributed by atoms with Crippen molar-refractivity contribution in [1.29, 1.82) is 0 Å². The molecule has 3 nitrogen and oxygen atoms in total. The summed E-state index contributed by atoms with van der Waals surface area (Å²) in [5, 5.41) is 3.19. The first-order valence-corrected chi connectivity index (χ1v) is 8.93. The standard InChI is InChI=1S/C19H28N2O/c22-19(20-18-7-3-1-4-8-18)17-11-9-16(10-12-17)15-21-13-5-2-6-14-21/h9-12,18H,1-8,13-15H2,(H,20,22). The predicted molar refractivity (Wildman–Crippen MR) is 89.9 cm³/mol. The van der Waals surface area contributed by atoms with Crippen molar-refractivity contribution in [3.8, 4) is 0 Å². The first-order chi connectivity index (χ1) is 10.8. The second-order valence-electron chi connectivity index (χ2n) is 6.84. The van der Waals surface area contributed by atoms with E-state index in [4.69, 9.17) is 0 Å². The first-order valence-electron chi connectivity index (χ1n) is 8.93. The SMILES string of the molecule is O=C(NC1CCCCC1)c1ccc(CN2CCCCC2)cc1. The van der Waals surface area contributed by atoms with Gasteiger partial charge in [0.05, 0.1) is 0 Å². The zero-order valence-corrected chi connectivity index (χ0v) is 13.5. The number of piperidine rings is 1. The lowest BCUT2D eigenvalue weighted by Gasteiger charge is -2.26. The predicted octanol–water partition coefficient (Wildman–Crippen LogP) is 3.74. The van der Waals surface area contributed by atoms with Gasteiger partial charge in [0.2, 0.25) is 0 Å². The summed E-state index contributed by atoms with van der Waals surface area (Å²) < 4.78 is 0. The molecule has 3 rings (SSSR count). The van der Waals surface area contributed by atoms with Gasteiger partial charge in [0, 0.05) is 18.2 Å². The zero-order chi connectivity index (χ0) is 15.2. The minimum absolute atomic E-state index is 0.0939. The molecule has 2 fully saturated rings. The second-order valence-corrected chi connectivity index (χ2v) is 6.84. The van der Waals surface area contributed by atoms with Crippen LogP contribution in [0.15, 0.2) is 24.3 Å². The zero-order valence-electron chi connectivity index (χ0n) is 13.5. The first kappa shape index (κ1) is 15.5. The molecule has 0 atom stereocenters. The van der Waals surface area contributed by atoms with Gasteiger partial charge < -0.3 is 5.32 Å². The van der Waals surface area contributed by atoms with Gasteiger partial charge in [0.25, 0.3) is 5.91 Å². The molecule has 0 unspecified atom stereocenters. The molecule has 0 bridgehead atoms. The summed E-state index contributed by atoms with van der Waals surface area (Å²) in [4.78, 5) is 14.8. The van der Waals surface area contributed by atoms with Crippen LogP contribution in [0, 0.1) is 0 Å². The highest BCUT2D eigenvalue weighted by Crippen LogP contribution is 2.18. The maximum Gasteiger partial charge on any atom is 0.251 e. The van der Waals surface area contributed by atoms with E-state index in [-0.39, 0.29) is 5.91 Å². The highest BCUT2D eigenvalue weighted by Gasteiger charge is 2.16. The van der Waals surface area contributed by atoms with Crippen LogP contribution in [-0.4, -0.2) is 29.9 Å². The van der Waals surface area contributed by atoms with E-state index in [9.17, 15) is 4.79 Å². The number of amides is 1. The Kier molecular flexibility index (Phi) is 5.49. The summed E-state index contributed by atoms with van der Waals surface area (Å²) in [5.74, 6) is 0.0939. The van der Waals surface area contributed by atoms with E-state index in [1.54, 1.807) is 0 Å². The normalized spacial score (nSPS) is 20.7. The van der Waals surface area contributed by atoms with Crippen LogP contribution < -0.4 is 5.32 Å². The molecule has 1 aromatic rings. The summed E-state index contributed by atoms with van der Waals surface area (Å²) in [6, 6.07) is 8.58. The van der Waals surface area contributed by atoms with Crippen molar-refractivity contribution in [1.82, 2.24) is 10.2 Å². The third-order valence-corrected chi connectivity index (χ3v) is 5.01. The van der Waals surface area contributed by atoms with Crippen LogP contribution >= 0.6 is 0 Å². The van der Waals surface area contributed by atoms with Crippen LogP contribution in [0.2, 0.25) is 0 Å². The maximum absolute atomic E-state index is 12.3. The minimum atomic E-state index is 0.0939. The second kappa shape index (κ2) is 7.77. The molecule has 120 valence electrons. The molecule has 3 heteroatoms. The molecule has 1 N–H and O–H groups in total. The fourth-order valence-electron chi connectivity index (χ4n) is 3.65. The lowest BCUT2D eigenvalue weighted by atomic mass is 9.95. The fraction of sp³-hybridized carbons (Fsp3) is 0.632. The number of carbonyl (C=O) groups excluding carboxylic acids is 1. The number of nitrogens with zero attached hydrogens (tertiary/aromatic N) is 1. The molecule has 0 radical (unpaired) electrons. The van der Waals surface area contributed by atoms with Crippen LogP contribution in [0.3, 0.4) is 0 Å². The van der Waals surface area contributed by atoms with E-state index >= 15 is 0 Å². The molecular formula is C19H28N2O. The number of rotatable bonds is 4. The monoisotopic (exact) mass is 300 g/mol. The van der Waals surface area contributed by atoms with Crippen LogP contribution in [0.25, 0.3) is 0 Å². The highest BCUT2D eigenvalue weighted by atomic mass is 16.1. The van der Waals surface area contributed by atoms with E-state index in [1.165, 1.54) is 57.2 Å². The summed E-state index contributed by atoms with van der Waals surface area (Å²) in [7, 11) is 0. The molecule has 22 heavy (non-hydrogen) atoms. The van der Waals surface area contributed by atoms with Gasteiger partial charge in [-0.15, -0.1) is 0 Å². The van der Waals surface area contributed by atoms with E-state index < -0.39 is 0 Å². The maximum atomic E-state index is 12.3.